The van der Waals surface area contributed by atoms with Crippen molar-refractivity contribution in [3.8, 4) is 5.75 Å². The number of hydrogen-bond donors (Lipinski definition) is 1. The molecule has 2 aromatic rings. The molecule has 0 aromatic heterocycles. The van der Waals surface area contributed by atoms with Gasteiger partial charge in [-0.3, -0.25) is 0 Å². The summed E-state index contributed by atoms with van der Waals surface area (Å²) < 4.78 is 6.28. The van der Waals surface area contributed by atoms with E-state index in [1.165, 1.54) is 16.3 Å². The lowest BCUT2D eigenvalue weighted by Gasteiger charge is -2.21. The van der Waals surface area contributed by atoms with Gasteiger partial charge in [0, 0.05) is 17.0 Å². The van der Waals surface area contributed by atoms with Gasteiger partial charge in [-0.05, 0) is 25.3 Å². The Morgan fingerprint density at radius 1 is 1.05 bits per heavy atom. The van der Waals surface area contributed by atoms with Crippen LogP contribution in [0.1, 0.15) is 45.2 Å². The third kappa shape index (κ3) is 3.56. The summed E-state index contributed by atoms with van der Waals surface area (Å²) in [6.07, 6.45) is 2.33. The average molecular weight is 285 g/mol. The van der Waals surface area contributed by atoms with E-state index in [1.54, 1.807) is 0 Å². The maximum absolute atomic E-state index is 6.28. The Morgan fingerprint density at radius 3 is 2.43 bits per heavy atom. The largest absolute Gasteiger partial charge is 0.492 e. The van der Waals surface area contributed by atoms with Crippen molar-refractivity contribution in [2.45, 2.75) is 39.7 Å². The van der Waals surface area contributed by atoms with Crippen molar-refractivity contribution in [1.29, 1.82) is 0 Å². The number of hydrogen-bond acceptors (Lipinski definition) is 2. The Bertz CT molecular complexity index is 575. The molecule has 2 heteroatoms. The second-order valence-electron chi connectivity index (χ2n) is 5.71. The minimum atomic E-state index is 0.284. The number of nitrogens with one attached hydrogen (secondary N) is 1. The lowest BCUT2D eigenvalue weighted by Crippen LogP contribution is -2.16. The van der Waals surface area contributed by atoms with Crippen molar-refractivity contribution in [3.05, 3.63) is 42.0 Å². The van der Waals surface area contributed by atoms with Crippen LogP contribution >= 0.6 is 0 Å². The minimum absolute atomic E-state index is 0.284. The number of ether oxygens (including phenoxy) is 1. The normalized spacial score (nSPS) is 12.8. The van der Waals surface area contributed by atoms with Crippen molar-refractivity contribution in [3.63, 3.8) is 0 Å². The van der Waals surface area contributed by atoms with Crippen LogP contribution < -0.4 is 10.1 Å². The molecule has 0 bridgehead atoms. The summed E-state index contributed by atoms with van der Waals surface area (Å²) in [5.41, 5.74) is 1.24. The van der Waals surface area contributed by atoms with Gasteiger partial charge < -0.3 is 10.1 Å². The van der Waals surface area contributed by atoms with Gasteiger partial charge in [0.2, 0.25) is 0 Å². The summed E-state index contributed by atoms with van der Waals surface area (Å²) in [6, 6.07) is 13.1. The minimum Gasteiger partial charge on any atom is -0.492 e. The van der Waals surface area contributed by atoms with E-state index < -0.39 is 0 Å². The molecule has 0 amide bonds. The van der Waals surface area contributed by atoms with E-state index in [0.717, 1.165) is 25.2 Å². The molecule has 2 aromatic carbocycles. The molecule has 114 valence electrons. The van der Waals surface area contributed by atoms with E-state index >= 15 is 0 Å². The van der Waals surface area contributed by atoms with Crippen molar-refractivity contribution >= 4 is 10.8 Å². The van der Waals surface area contributed by atoms with E-state index in [9.17, 15) is 0 Å². The highest BCUT2D eigenvalue weighted by Crippen LogP contribution is 2.34. The van der Waals surface area contributed by atoms with Crippen LogP contribution in [0.2, 0.25) is 0 Å². The molecular formula is C19H27NO. The molecule has 0 spiro atoms. The molecule has 0 aliphatic heterocycles. The van der Waals surface area contributed by atoms with E-state index in [1.807, 2.05) is 7.05 Å². The molecule has 1 atom stereocenters. The van der Waals surface area contributed by atoms with Gasteiger partial charge in [-0.2, -0.15) is 0 Å². The Labute approximate surface area is 128 Å². The van der Waals surface area contributed by atoms with Gasteiger partial charge in [-0.15, -0.1) is 0 Å². The molecular weight excluding hydrogens is 258 g/mol. The highest BCUT2D eigenvalue weighted by atomic mass is 16.5. The van der Waals surface area contributed by atoms with E-state index in [0.29, 0.717) is 5.92 Å². The van der Waals surface area contributed by atoms with Gasteiger partial charge in [-0.25, -0.2) is 0 Å². The third-order valence-corrected chi connectivity index (χ3v) is 4.43. The van der Waals surface area contributed by atoms with Crippen LogP contribution in [0.15, 0.2) is 36.4 Å². The second-order valence-corrected chi connectivity index (χ2v) is 5.71. The monoisotopic (exact) mass is 285 g/mol. The molecule has 0 fully saturated rings. The van der Waals surface area contributed by atoms with Crippen molar-refractivity contribution < 1.29 is 4.74 Å². The molecule has 1 N–H and O–H groups in total. The Hall–Kier alpha value is -1.54. The van der Waals surface area contributed by atoms with Crippen LogP contribution in [-0.2, 0) is 0 Å². The van der Waals surface area contributed by atoms with E-state index in [4.69, 9.17) is 4.74 Å². The van der Waals surface area contributed by atoms with Crippen LogP contribution in [0.25, 0.3) is 10.8 Å². The summed E-state index contributed by atoms with van der Waals surface area (Å²) in [7, 11) is 1.99. The van der Waals surface area contributed by atoms with Crippen LogP contribution in [0.5, 0.6) is 5.75 Å². The van der Waals surface area contributed by atoms with Gasteiger partial charge in [-0.1, -0.05) is 63.1 Å². The fourth-order valence-electron chi connectivity index (χ4n) is 2.64. The zero-order valence-corrected chi connectivity index (χ0v) is 13.6. The smallest absolute Gasteiger partial charge is 0.131 e. The molecule has 0 aliphatic rings. The summed E-state index contributed by atoms with van der Waals surface area (Å²) in [5, 5.41) is 5.77. The summed E-state index contributed by atoms with van der Waals surface area (Å²) in [5.74, 6) is 1.67. The van der Waals surface area contributed by atoms with Gasteiger partial charge in [0.15, 0.2) is 0 Å². The van der Waals surface area contributed by atoms with Crippen LogP contribution in [0, 0.1) is 5.92 Å². The fraction of sp³-hybridized carbons (Fsp3) is 0.474. The molecule has 21 heavy (non-hydrogen) atoms. The first-order valence-corrected chi connectivity index (χ1v) is 8.02. The predicted octanol–water partition coefficient (Wildman–Crippen LogP) is 4.94. The first-order valence-electron chi connectivity index (χ1n) is 8.02. The first-order chi connectivity index (χ1) is 10.2. The van der Waals surface area contributed by atoms with Gasteiger partial charge >= 0.3 is 0 Å². The standard InChI is InChI=1S/C19H27NO/c1-5-15(6-2)13-21-19-17(14(3)20-4)12-11-16-9-7-8-10-18(16)19/h7-12,14-15,20H,5-6,13H2,1-4H3. The molecule has 1 unspecified atom stereocenters. The number of rotatable bonds is 7. The Morgan fingerprint density at radius 2 is 1.76 bits per heavy atom. The Balaban J connectivity index is 2.40. The molecule has 0 aliphatic carbocycles. The van der Waals surface area contributed by atoms with Crippen molar-refractivity contribution in [2.75, 3.05) is 13.7 Å². The average Bonchev–Trinajstić information content (AvgIpc) is 2.54. The maximum atomic E-state index is 6.28. The van der Waals surface area contributed by atoms with E-state index in [-0.39, 0.29) is 6.04 Å². The van der Waals surface area contributed by atoms with Crippen LogP contribution in [-0.4, -0.2) is 13.7 Å². The van der Waals surface area contributed by atoms with Crippen molar-refractivity contribution in [1.82, 2.24) is 5.32 Å². The fourth-order valence-corrected chi connectivity index (χ4v) is 2.64. The van der Waals surface area contributed by atoms with Gasteiger partial charge in [0.25, 0.3) is 0 Å². The third-order valence-electron chi connectivity index (χ3n) is 4.43. The van der Waals surface area contributed by atoms with Gasteiger partial charge in [0.05, 0.1) is 6.61 Å². The number of benzene rings is 2. The lowest BCUT2D eigenvalue weighted by molar-refractivity contribution is 0.240. The quantitative estimate of drug-likeness (QED) is 0.778. The van der Waals surface area contributed by atoms with Crippen molar-refractivity contribution in [2.24, 2.45) is 5.92 Å². The molecule has 0 heterocycles. The zero-order chi connectivity index (χ0) is 15.2. The SMILES string of the molecule is CCC(CC)COc1c(C(C)NC)ccc2ccccc12. The second kappa shape index (κ2) is 7.46. The van der Waals surface area contributed by atoms with E-state index in [2.05, 4.69) is 62.5 Å². The van der Waals surface area contributed by atoms with Crippen LogP contribution in [0.4, 0.5) is 0 Å². The molecule has 0 saturated carbocycles. The molecule has 0 saturated heterocycles. The molecule has 0 radical (unpaired) electrons. The molecule has 2 rings (SSSR count). The summed E-state index contributed by atoms with van der Waals surface area (Å²) >= 11 is 0. The lowest BCUT2D eigenvalue weighted by atomic mass is 10.0. The summed E-state index contributed by atoms with van der Waals surface area (Å²) in [6.45, 7) is 7.44. The Kier molecular flexibility index (Phi) is 5.63. The van der Waals surface area contributed by atoms with Crippen LogP contribution in [0.3, 0.4) is 0 Å². The molecule has 2 nitrogen and oxygen atoms in total. The topological polar surface area (TPSA) is 21.3 Å². The highest BCUT2D eigenvalue weighted by Gasteiger charge is 2.15. The predicted molar refractivity (Wildman–Crippen MR) is 91.0 cm³/mol. The highest BCUT2D eigenvalue weighted by molar-refractivity contribution is 5.89. The van der Waals surface area contributed by atoms with Gasteiger partial charge in [0.1, 0.15) is 5.75 Å². The number of fused-ring (bicyclic) bond motifs is 1. The maximum Gasteiger partial charge on any atom is 0.131 e. The first kappa shape index (κ1) is 15.8. The zero-order valence-electron chi connectivity index (χ0n) is 13.6. The summed E-state index contributed by atoms with van der Waals surface area (Å²) in [4.78, 5) is 0.